The number of ether oxygens (including phenoxy) is 1. The van der Waals surface area contributed by atoms with Crippen molar-refractivity contribution in [1.29, 1.82) is 0 Å². The fourth-order valence-electron chi connectivity index (χ4n) is 3.02. The van der Waals surface area contributed by atoms with Gasteiger partial charge in [-0.2, -0.15) is 0 Å². The summed E-state index contributed by atoms with van der Waals surface area (Å²) in [5.41, 5.74) is 1.11. The van der Waals surface area contributed by atoms with Gasteiger partial charge >= 0.3 is 0 Å². The molecule has 0 spiro atoms. The summed E-state index contributed by atoms with van der Waals surface area (Å²) in [6, 6.07) is 7.96. The minimum Gasteiger partial charge on any atom is -0.494 e. The van der Waals surface area contributed by atoms with Crippen molar-refractivity contribution in [2.75, 3.05) is 19.7 Å². The molecule has 1 heterocycles. The molecule has 1 saturated heterocycles. The first-order chi connectivity index (χ1) is 11.2. The van der Waals surface area contributed by atoms with Gasteiger partial charge in [0.25, 0.3) is 0 Å². The van der Waals surface area contributed by atoms with Gasteiger partial charge in [0.15, 0.2) is 0 Å². The Morgan fingerprint density at radius 3 is 2.83 bits per heavy atom. The lowest BCUT2D eigenvalue weighted by Crippen LogP contribution is -2.35. The molecule has 0 aliphatic carbocycles. The van der Waals surface area contributed by atoms with E-state index in [4.69, 9.17) is 4.74 Å². The lowest BCUT2D eigenvalue weighted by Gasteiger charge is -2.28. The van der Waals surface area contributed by atoms with E-state index in [0.717, 1.165) is 37.4 Å². The Labute approximate surface area is 140 Å². The van der Waals surface area contributed by atoms with Crippen LogP contribution in [0.3, 0.4) is 0 Å². The van der Waals surface area contributed by atoms with Crippen molar-refractivity contribution in [2.45, 2.75) is 46.1 Å². The predicted octanol–water partition coefficient (Wildman–Crippen LogP) is 3.12. The minimum absolute atomic E-state index is 0.148. The van der Waals surface area contributed by atoms with Crippen LogP contribution in [0.15, 0.2) is 24.3 Å². The Hall–Kier alpha value is -1.55. The van der Waals surface area contributed by atoms with Gasteiger partial charge in [0.05, 0.1) is 6.61 Å². The molecule has 0 radical (unpaired) electrons. The topological polar surface area (TPSA) is 50.4 Å². The van der Waals surface area contributed by atoms with Crippen LogP contribution in [0.1, 0.15) is 45.1 Å². The zero-order chi connectivity index (χ0) is 16.5. The molecular weight excluding hydrogens is 288 g/mol. The van der Waals surface area contributed by atoms with E-state index < -0.39 is 0 Å². The molecule has 2 unspecified atom stereocenters. The molecule has 1 aromatic carbocycles. The predicted molar refractivity (Wildman–Crippen MR) is 93.4 cm³/mol. The molecule has 2 atom stereocenters. The van der Waals surface area contributed by atoms with Crippen LogP contribution in [-0.2, 0) is 11.3 Å². The standard InChI is InChI=1S/C19H30N2O2/c1-3-11-23-18-8-6-16(7-9-18)13-21-19(22)12-15(2)17-5-4-10-20-14-17/h6-9,15,17,20H,3-5,10-14H2,1-2H3,(H,21,22). The molecule has 1 fully saturated rings. The van der Waals surface area contributed by atoms with E-state index >= 15 is 0 Å². The van der Waals surface area contributed by atoms with Gasteiger partial charge < -0.3 is 15.4 Å². The molecular formula is C19H30N2O2. The normalized spacial score (nSPS) is 19.1. The van der Waals surface area contributed by atoms with Crippen LogP contribution >= 0.6 is 0 Å². The molecule has 4 nitrogen and oxygen atoms in total. The van der Waals surface area contributed by atoms with Gasteiger partial charge in [0, 0.05) is 13.0 Å². The van der Waals surface area contributed by atoms with Crippen molar-refractivity contribution in [1.82, 2.24) is 10.6 Å². The van der Waals surface area contributed by atoms with Crippen molar-refractivity contribution in [3.8, 4) is 5.75 Å². The Bertz CT molecular complexity index is 467. The molecule has 128 valence electrons. The Kier molecular flexibility index (Phi) is 7.40. The molecule has 1 aliphatic rings. The summed E-state index contributed by atoms with van der Waals surface area (Å²) < 4.78 is 5.56. The minimum atomic E-state index is 0.148. The second-order valence-electron chi connectivity index (χ2n) is 6.56. The van der Waals surface area contributed by atoms with Gasteiger partial charge in [-0.3, -0.25) is 4.79 Å². The molecule has 0 bridgehead atoms. The summed E-state index contributed by atoms with van der Waals surface area (Å²) in [6.07, 6.45) is 4.08. The van der Waals surface area contributed by atoms with Crippen molar-refractivity contribution >= 4 is 5.91 Å². The molecule has 0 aromatic heterocycles. The Morgan fingerprint density at radius 2 is 2.17 bits per heavy atom. The number of nitrogens with one attached hydrogen (secondary N) is 2. The zero-order valence-corrected chi connectivity index (χ0v) is 14.4. The van der Waals surface area contributed by atoms with Gasteiger partial charge in [-0.15, -0.1) is 0 Å². The highest BCUT2D eigenvalue weighted by Gasteiger charge is 2.21. The number of piperidine rings is 1. The number of amides is 1. The molecule has 1 aromatic rings. The smallest absolute Gasteiger partial charge is 0.220 e. The number of carbonyl (C=O) groups excluding carboxylic acids is 1. The third-order valence-electron chi connectivity index (χ3n) is 4.53. The summed E-state index contributed by atoms with van der Waals surface area (Å²) in [6.45, 7) is 7.78. The maximum absolute atomic E-state index is 12.1. The van der Waals surface area contributed by atoms with Crippen LogP contribution in [0.4, 0.5) is 0 Å². The van der Waals surface area contributed by atoms with Crippen molar-refractivity contribution < 1.29 is 9.53 Å². The highest BCUT2D eigenvalue weighted by Crippen LogP contribution is 2.22. The maximum Gasteiger partial charge on any atom is 0.220 e. The first kappa shape index (κ1) is 17.8. The molecule has 4 heteroatoms. The highest BCUT2D eigenvalue weighted by molar-refractivity contribution is 5.76. The lowest BCUT2D eigenvalue weighted by atomic mass is 9.85. The SMILES string of the molecule is CCCOc1ccc(CNC(=O)CC(C)C2CCCNC2)cc1. The van der Waals surface area contributed by atoms with Crippen molar-refractivity contribution in [3.63, 3.8) is 0 Å². The van der Waals surface area contributed by atoms with Gasteiger partial charge in [-0.05, 0) is 61.9 Å². The van der Waals surface area contributed by atoms with E-state index in [9.17, 15) is 4.79 Å². The molecule has 0 saturated carbocycles. The number of hydrogen-bond donors (Lipinski definition) is 2. The van der Waals surface area contributed by atoms with Crippen LogP contribution in [0.5, 0.6) is 5.75 Å². The number of hydrogen-bond acceptors (Lipinski definition) is 3. The summed E-state index contributed by atoms with van der Waals surface area (Å²) in [5, 5.41) is 6.45. The van der Waals surface area contributed by atoms with Gasteiger partial charge in [0.2, 0.25) is 5.91 Å². The molecule has 23 heavy (non-hydrogen) atoms. The van der Waals surface area contributed by atoms with Crippen molar-refractivity contribution in [2.24, 2.45) is 11.8 Å². The third kappa shape index (κ3) is 6.22. The first-order valence-corrected chi connectivity index (χ1v) is 8.88. The van der Waals surface area contributed by atoms with Crippen LogP contribution in [0.2, 0.25) is 0 Å². The van der Waals surface area contributed by atoms with Crippen LogP contribution in [0.25, 0.3) is 0 Å². The zero-order valence-electron chi connectivity index (χ0n) is 14.4. The summed E-state index contributed by atoms with van der Waals surface area (Å²) in [7, 11) is 0. The van der Waals surface area contributed by atoms with Crippen LogP contribution in [0, 0.1) is 11.8 Å². The Balaban J connectivity index is 1.71. The number of carbonyl (C=O) groups is 1. The monoisotopic (exact) mass is 318 g/mol. The van der Waals surface area contributed by atoms with E-state index in [0.29, 0.717) is 24.8 Å². The van der Waals surface area contributed by atoms with Crippen molar-refractivity contribution in [3.05, 3.63) is 29.8 Å². The van der Waals surface area contributed by atoms with Crippen LogP contribution < -0.4 is 15.4 Å². The van der Waals surface area contributed by atoms with Gasteiger partial charge in [0.1, 0.15) is 5.75 Å². The number of benzene rings is 1. The Morgan fingerprint density at radius 1 is 1.39 bits per heavy atom. The van der Waals surface area contributed by atoms with Gasteiger partial charge in [-0.1, -0.05) is 26.0 Å². The van der Waals surface area contributed by atoms with E-state index in [1.54, 1.807) is 0 Å². The van der Waals surface area contributed by atoms with E-state index in [1.165, 1.54) is 12.8 Å². The molecule has 2 rings (SSSR count). The summed E-state index contributed by atoms with van der Waals surface area (Å²) in [5.74, 6) is 2.10. The second kappa shape index (κ2) is 9.56. The fraction of sp³-hybridized carbons (Fsp3) is 0.632. The average molecular weight is 318 g/mol. The molecule has 2 N–H and O–H groups in total. The van der Waals surface area contributed by atoms with Gasteiger partial charge in [-0.25, -0.2) is 0 Å². The summed E-state index contributed by atoms with van der Waals surface area (Å²) >= 11 is 0. The first-order valence-electron chi connectivity index (χ1n) is 8.88. The van der Waals surface area contributed by atoms with E-state index in [2.05, 4.69) is 24.5 Å². The third-order valence-corrected chi connectivity index (χ3v) is 4.53. The van der Waals surface area contributed by atoms with E-state index in [-0.39, 0.29) is 5.91 Å². The summed E-state index contributed by atoms with van der Waals surface area (Å²) in [4.78, 5) is 12.1. The van der Waals surface area contributed by atoms with E-state index in [1.807, 2.05) is 24.3 Å². The maximum atomic E-state index is 12.1. The quantitative estimate of drug-likeness (QED) is 0.774. The lowest BCUT2D eigenvalue weighted by molar-refractivity contribution is -0.122. The largest absolute Gasteiger partial charge is 0.494 e. The van der Waals surface area contributed by atoms with Crippen LogP contribution in [-0.4, -0.2) is 25.6 Å². The molecule has 1 amide bonds. The molecule has 1 aliphatic heterocycles. The average Bonchev–Trinajstić information content (AvgIpc) is 2.59. The highest BCUT2D eigenvalue weighted by atomic mass is 16.5. The second-order valence-corrected chi connectivity index (χ2v) is 6.56. The fourth-order valence-corrected chi connectivity index (χ4v) is 3.02. The number of rotatable bonds is 8.